The molecule has 0 aliphatic carbocycles. The van der Waals surface area contributed by atoms with Gasteiger partial charge in [0, 0.05) is 19.6 Å². The number of para-hydroxylation sites is 2. The van der Waals surface area contributed by atoms with E-state index in [2.05, 4.69) is 47.0 Å². The molecule has 1 aromatic carbocycles. The summed E-state index contributed by atoms with van der Waals surface area (Å²) in [6.07, 6.45) is 5.14. The number of rotatable bonds is 6. The number of benzene rings is 1. The molecule has 0 bridgehead atoms. The molecule has 4 heteroatoms. The second-order valence-electron chi connectivity index (χ2n) is 6.62. The number of anilines is 1. The van der Waals surface area contributed by atoms with Crippen LogP contribution in [-0.2, 0) is 0 Å². The normalized spacial score (nSPS) is 16.8. The Morgan fingerprint density at radius 1 is 1.27 bits per heavy atom. The topological polar surface area (TPSA) is 35.2 Å². The first-order valence-corrected chi connectivity index (χ1v) is 8.64. The van der Waals surface area contributed by atoms with E-state index in [0.29, 0.717) is 0 Å². The number of unbranched alkanes of at least 4 members (excludes halogenated alkanes) is 1. The van der Waals surface area contributed by atoms with Gasteiger partial charge in [-0.2, -0.15) is 0 Å². The van der Waals surface area contributed by atoms with Crippen molar-refractivity contribution in [2.75, 3.05) is 38.1 Å². The van der Waals surface area contributed by atoms with Gasteiger partial charge in [-0.05, 0) is 50.9 Å². The van der Waals surface area contributed by atoms with Gasteiger partial charge in [-0.15, -0.1) is 0 Å². The smallest absolute Gasteiger partial charge is 0.203 e. The molecule has 2 aromatic rings. The van der Waals surface area contributed by atoms with Gasteiger partial charge in [-0.25, -0.2) is 4.98 Å². The van der Waals surface area contributed by atoms with Gasteiger partial charge in [0.15, 0.2) is 0 Å². The number of aromatic amines is 1. The Balaban J connectivity index is 1.53. The van der Waals surface area contributed by atoms with Crippen molar-refractivity contribution in [3.63, 3.8) is 0 Å². The zero-order chi connectivity index (χ0) is 15.4. The number of aromatic nitrogens is 2. The third-order valence-corrected chi connectivity index (χ3v) is 4.75. The molecule has 0 saturated carbocycles. The summed E-state index contributed by atoms with van der Waals surface area (Å²) in [6.45, 7) is 6.98. The van der Waals surface area contributed by atoms with Gasteiger partial charge in [0.2, 0.25) is 5.95 Å². The van der Waals surface area contributed by atoms with Crippen LogP contribution in [0.1, 0.15) is 32.6 Å². The van der Waals surface area contributed by atoms with Gasteiger partial charge in [0.05, 0.1) is 11.0 Å². The first-order valence-electron chi connectivity index (χ1n) is 8.64. The van der Waals surface area contributed by atoms with Crippen LogP contribution in [0.2, 0.25) is 0 Å². The van der Waals surface area contributed by atoms with Crippen molar-refractivity contribution in [2.45, 2.75) is 32.6 Å². The highest BCUT2D eigenvalue weighted by atomic mass is 15.3. The molecule has 0 amide bonds. The van der Waals surface area contributed by atoms with E-state index in [4.69, 9.17) is 4.98 Å². The zero-order valence-electron chi connectivity index (χ0n) is 13.9. The molecule has 0 spiro atoms. The lowest BCUT2D eigenvalue weighted by molar-refractivity contribution is 0.245. The molecule has 1 aromatic heterocycles. The summed E-state index contributed by atoms with van der Waals surface area (Å²) in [5, 5.41) is 0. The van der Waals surface area contributed by atoms with Crippen LogP contribution in [0.3, 0.4) is 0 Å². The minimum absolute atomic E-state index is 0.836. The summed E-state index contributed by atoms with van der Waals surface area (Å²) in [6, 6.07) is 8.28. The summed E-state index contributed by atoms with van der Waals surface area (Å²) in [7, 11) is 2.27. The van der Waals surface area contributed by atoms with E-state index in [1.165, 1.54) is 38.8 Å². The largest absolute Gasteiger partial charge is 0.342 e. The molecule has 0 unspecified atom stereocenters. The average Bonchev–Trinajstić information content (AvgIpc) is 2.97. The number of H-pyrrole nitrogens is 1. The van der Waals surface area contributed by atoms with E-state index in [9.17, 15) is 0 Å². The third-order valence-electron chi connectivity index (χ3n) is 4.75. The quantitative estimate of drug-likeness (QED) is 0.886. The van der Waals surface area contributed by atoms with Gasteiger partial charge in [0.25, 0.3) is 0 Å². The van der Waals surface area contributed by atoms with Crippen LogP contribution >= 0.6 is 0 Å². The number of hydrogen-bond acceptors (Lipinski definition) is 3. The number of fused-ring (bicyclic) bond motifs is 1. The Hall–Kier alpha value is -1.55. The fraction of sp³-hybridized carbons (Fsp3) is 0.611. The van der Waals surface area contributed by atoms with Crippen LogP contribution in [-0.4, -0.2) is 48.1 Å². The molecular formula is C18H28N4. The summed E-state index contributed by atoms with van der Waals surface area (Å²) in [5.41, 5.74) is 2.21. The second kappa shape index (κ2) is 7.14. The van der Waals surface area contributed by atoms with Crippen molar-refractivity contribution in [1.29, 1.82) is 0 Å². The Bertz CT molecular complexity index is 551. The Labute approximate surface area is 133 Å². The first kappa shape index (κ1) is 15.3. The standard InChI is InChI=1S/C18H28N4/c1-3-4-11-21(2)14-15-9-12-22(13-10-15)18-19-16-7-5-6-8-17(16)20-18/h5-8,15H,3-4,9-14H2,1-2H3,(H,19,20). The molecule has 4 nitrogen and oxygen atoms in total. The van der Waals surface area contributed by atoms with E-state index >= 15 is 0 Å². The van der Waals surface area contributed by atoms with Crippen LogP contribution in [0.4, 0.5) is 5.95 Å². The van der Waals surface area contributed by atoms with E-state index in [0.717, 1.165) is 36.0 Å². The average molecular weight is 300 g/mol. The molecule has 22 heavy (non-hydrogen) atoms. The molecule has 1 saturated heterocycles. The Morgan fingerprint density at radius 3 is 2.77 bits per heavy atom. The minimum atomic E-state index is 0.836. The highest BCUT2D eigenvalue weighted by molar-refractivity contribution is 5.77. The number of piperidine rings is 1. The van der Waals surface area contributed by atoms with Crippen molar-refractivity contribution in [3.8, 4) is 0 Å². The van der Waals surface area contributed by atoms with E-state index in [1.807, 2.05) is 6.07 Å². The molecule has 1 aliphatic rings. The fourth-order valence-corrected chi connectivity index (χ4v) is 3.38. The van der Waals surface area contributed by atoms with Crippen LogP contribution in [0, 0.1) is 5.92 Å². The summed E-state index contributed by atoms with van der Waals surface area (Å²) < 4.78 is 0. The molecule has 2 heterocycles. The predicted molar refractivity (Wildman–Crippen MR) is 93.4 cm³/mol. The van der Waals surface area contributed by atoms with Crippen molar-refractivity contribution in [2.24, 2.45) is 5.92 Å². The van der Waals surface area contributed by atoms with Crippen LogP contribution in [0.5, 0.6) is 0 Å². The van der Waals surface area contributed by atoms with Crippen LogP contribution < -0.4 is 4.90 Å². The Kier molecular flexibility index (Phi) is 4.98. The summed E-state index contributed by atoms with van der Waals surface area (Å²) >= 11 is 0. The molecule has 3 rings (SSSR count). The van der Waals surface area contributed by atoms with E-state index in [-0.39, 0.29) is 0 Å². The maximum absolute atomic E-state index is 4.72. The molecule has 1 aliphatic heterocycles. The first-order chi connectivity index (χ1) is 10.8. The lowest BCUT2D eigenvalue weighted by Crippen LogP contribution is -2.38. The second-order valence-corrected chi connectivity index (χ2v) is 6.62. The van der Waals surface area contributed by atoms with Crippen LogP contribution in [0.15, 0.2) is 24.3 Å². The SMILES string of the molecule is CCCCN(C)CC1CCN(c2nc3ccccc3[nH]2)CC1. The molecule has 0 atom stereocenters. The van der Waals surface area contributed by atoms with E-state index < -0.39 is 0 Å². The predicted octanol–water partition coefficient (Wildman–Crippen LogP) is 3.51. The zero-order valence-corrected chi connectivity index (χ0v) is 13.9. The van der Waals surface area contributed by atoms with Gasteiger partial charge < -0.3 is 14.8 Å². The van der Waals surface area contributed by atoms with Gasteiger partial charge >= 0.3 is 0 Å². The van der Waals surface area contributed by atoms with Gasteiger partial charge in [-0.3, -0.25) is 0 Å². The number of imidazole rings is 1. The van der Waals surface area contributed by atoms with Crippen molar-refractivity contribution in [1.82, 2.24) is 14.9 Å². The lowest BCUT2D eigenvalue weighted by Gasteiger charge is -2.33. The maximum atomic E-state index is 4.72. The maximum Gasteiger partial charge on any atom is 0.203 e. The van der Waals surface area contributed by atoms with Crippen molar-refractivity contribution in [3.05, 3.63) is 24.3 Å². The molecule has 1 N–H and O–H groups in total. The molecular weight excluding hydrogens is 272 g/mol. The monoisotopic (exact) mass is 300 g/mol. The highest BCUT2D eigenvalue weighted by Gasteiger charge is 2.22. The fourth-order valence-electron chi connectivity index (χ4n) is 3.38. The number of nitrogens with zero attached hydrogens (tertiary/aromatic N) is 3. The Morgan fingerprint density at radius 2 is 2.05 bits per heavy atom. The van der Waals surface area contributed by atoms with Crippen molar-refractivity contribution < 1.29 is 0 Å². The van der Waals surface area contributed by atoms with Crippen molar-refractivity contribution >= 4 is 17.0 Å². The lowest BCUT2D eigenvalue weighted by atomic mass is 9.96. The third kappa shape index (κ3) is 3.61. The van der Waals surface area contributed by atoms with Gasteiger partial charge in [0.1, 0.15) is 0 Å². The highest BCUT2D eigenvalue weighted by Crippen LogP contribution is 2.24. The minimum Gasteiger partial charge on any atom is -0.342 e. The summed E-state index contributed by atoms with van der Waals surface area (Å²) in [4.78, 5) is 13.1. The van der Waals surface area contributed by atoms with E-state index in [1.54, 1.807) is 0 Å². The van der Waals surface area contributed by atoms with Gasteiger partial charge in [-0.1, -0.05) is 25.5 Å². The summed E-state index contributed by atoms with van der Waals surface area (Å²) in [5.74, 6) is 1.88. The number of hydrogen-bond donors (Lipinski definition) is 1. The molecule has 0 radical (unpaired) electrons. The van der Waals surface area contributed by atoms with Crippen LogP contribution in [0.25, 0.3) is 11.0 Å². The molecule has 1 fully saturated rings. The number of nitrogens with one attached hydrogen (secondary N) is 1. The molecule has 120 valence electrons.